The van der Waals surface area contributed by atoms with Gasteiger partial charge in [-0.15, -0.1) is 0 Å². The van der Waals surface area contributed by atoms with E-state index in [2.05, 4.69) is 22.2 Å². The minimum atomic E-state index is -0.538. The maximum atomic E-state index is 11.7. The molecule has 138 valence electrons. The number of hydrogen-bond acceptors (Lipinski definition) is 6. The van der Waals surface area contributed by atoms with Crippen LogP contribution in [0.15, 0.2) is 48.8 Å². The van der Waals surface area contributed by atoms with Gasteiger partial charge in [-0.25, -0.2) is 4.98 Å². The Morgan fingerprint density at radius 1 is 1.11 bits per heavy atom. The van der Waals surface area contributed by atoms with Crippen LogP contribution in [-0.2, 0) is 6.42 Å². The van der Waals surface area contributed by atoms with Crippen molar-refractivity contribution in [1.82, 2.24) is 9.97 Å². The summed E-state index contributed by atoms with van der Waals surface area (Å²) in [5.74, 6) is 0.461. The summed E-state index contributed by atoms with van der Waals surface area (Å²) in [6.45, 7) is 5.92. The van der Waals surface area contributed by atoms with Crippen LogP contribution >= 0.6 is 0 Å². The lowest BCUT2D eigenvalue weighted by Gasteiger charge is -2.12. The molecule has 0 aliphatic rings. The molecule has 0 saturated carbocycles. The molecular formula is C20H20N4O3. The SMILES string of the molecule is CCc1ccc(Oc2ncnc(Nc3cc(C)ccc3C)c2[N+](=O)[O-])cc1. The van der Waals surface area contributed by atoms with Crippen molar-refractivity contribution in [3.8, 4) is 11.6 Å². The van der Waals surface area contributed by atoms with Crippen molar-refractivity contribution < 1.29 is 9.66 Å². The molecule has 27 heavy (non-hydrogen) atoms. The normalized spacial score (nSPS) is 10.5. The maximum Gasteiger partial charge on any atom is 0.373 e. The third-order valence-corrected chi connectivity index (χ3v) is 4.16. The number of anilines is 2. The first-order chi connectivity index (χ1) is 13.0. The number of ether oxygens (including phenoxy) is 1. The minimum Gasteiger partial charge on any atom is -0.434 e. The van der Waals surface area contributed by atoms with E-state index in [-0.39, 0.29) is 17.4 Å². The third kappa shape index (κ3) is 4.20. The molecule has 0 amide bonds. The zero-order valence-electron chi connectivity index (χ0n) is 15.4. The number of aryl methyl sites for hydroxylation is 3. The number of nitrogens with one attached hydrogen (secondary N) is 1. The van der Waals surface area contributed by atoms with Gasteiger partial charge in [0.15, 0.2) is 0 Å². The summed E-state index contributed by atoms with van der Waals surface area (Å²) in [5.41, 5.74) is 3.57. The zero-order chi connectivity index (χ0) is 19.4. The quantitative estimate of drug-likeness (QED) is 0.483. The van der Waals surface area contributed by atoms with E-state index in [1.807, 2.05) is 44.2 Å². The fourth-order valence-corrected chi connectivity index (χ4v) is 2.60. The lowest BCUT2D eigenvalue weighted by Crippen LogP contribution is -2.04. The van der Waals surface area contributed by atoms with Crippen LogP contribution in [0.3, 0.4) is 0 Å². The Hall–Kier alpha value is -3.48. The first-order valence-electron chi connectivity index (χ1n) is 8.58. The van der Waals surface area contributed by atoms with Gasteiger partial charge >= 0.3 is 11.6 Å². The maximum absolute atomic E-state index is 11.7. The molecule has 0 fully saturated rings. The van der Waals surface area contributed by atoms with E-state index in [0.29, 0.717) is 5.75 Å². The molecule has 3 rings (SSSR count). The van der Waals surface area contributed by atoms with Crippen molar-refractivity contribution in [3.05, 3.63) is 75.6 Å². The van der Waals surface area contributed by atoms with Gasteiger partial charge < -0.3 is 10.1 Å². The number of nitrogens with zero attached hydrogens (tertiary/aromatic N) is 3. The van der Waals surface area contributed by atoms with Gasteiger partial charge in [0, 0.05) is 5.69 Å². The Morgan fingerprint density at radius 2 is 1.85 bits per heavy atom. The van der Waals surface area contributed by atoms with Gasteiger partial charge in [0.1, 0.15) is 12.1 Å². The van der Waals surface area contributed by atoms with Crippen LogP contribution in [0.25, 0.3) is 0 Å². The monoisotopic (exact) mass is 364 g/mol. The average molecular weight is 364 g/mol. The Morgan fingerprint density at radius 3 is 2.52 bits per heavy atom. The van der Waals surface area contributed by atoms with Crippen molar-refractivity contribution in [3.63, 3.8) is 0 Å². The van der Waals surface area contributed by atoms with Crippen molar-refractivity contribution in [2.24, 2.45) is 0 Å². The average Bonchev–Trinajstić information content (AvgIpc) is 2.65. The van der Waals surface area contributed by atoms with Crippen molar-refractivity contribution in [2.75, 3.05) is 5.32 Å². The molecule has 0 unspecified atom stereocenters. The molecule has 1 N–H and O–H groups in total. The number of benzene rings is 2. The van der Waals surface area contributed by atoms with Crippen LogP contribution in [0.2, 0.25) is 0 Å². The molecule has 0 saturated heterocycles. The largest absolute Gasteiger partial charge is 0.434 e. The Bertz CT molecular complexity index is 971. The highest BCUT2D eigenvalue weighted by Gasteiger charge is 2.25. The van der Waals surface area contributed by atoms with Crippen LogP contribution < -0.4 is 10.1 Å². The second-order valence-electron chi connectivity index (χ2n) is 6.18. The van der Waals surface area contributed by atoms with Gasteiger partial charge in [0.25, 0.3) is 0 Å². The second-order valence-corrected chi connectivity index (χ2v) is 6.18. The van der Waals surface area contributed by atoms with Gasteiger partial charge in [-0.2, -0.15) is 4.98 Å². The van der Waals surface area contributed by atoms with E-state index in [4.69, 9.17) is 4.74 Å². The van der Waals surface area contributed by atoms with Gasteiger partial charge in [-0.3, -0.25) is 10.1 Å². The lowest BCUT2D eigenvalue weighted by atomic mass is 10.1. The van der Waals surface area contributed by atoms with Crippen LogP contribution in [0.1, 0.15) is 23.6 Å². The Balaban J connectivity index is 1.96. The molecule has 7 heteroatoms. The first kappa shape index (κ1) is 18.3. The van der Waals surface area contributed by atoms with Crippen LogP contribution in [-0.4, -0.2) is 14.9 Å². The number of rotatable bonds is 6. The summed E-state index contributed by atoms with van der Waals surface area (Å²) in [6, 6.07) is 13.2. The van der Waals surface area contributed by atoms with E-state index >= 15 is 0 Å². The zero-order valence-corrected chi connectivity index (χ0v) is 15.4. The van der Waals surface area contributed by atoms with E-state index in [1.165, 1.54) is 6.33 Å². The summed E-state index contributed by atoms with van der Waals surface area (Å²) in [7, 11) is 0. The van der Waals surface area contributed by atoms with Gasteiger partial charge in [-0.1, -0.05) is 31.2 Å². The molecule has 2 aromatic carbocycles. The van der Waals surface area contributed by atoms with Crippen LogP contribution in [0.5, 0.6) is 11.6 Å². The molecule has 0 atom stereocenters. The first-order valence-corrected chi connectivity index (χ1v) is 8.58. The fourth-order valence-electron chi connectivity index (χ4n) is 2.60. The van der Waals surface area contributed by atoms with Crippen molar-refractivity contribution in [1.29, 1.82) is 0 Å². The Kier molecular flexibility index (Phi) is 5.30. The summed E-state index contributed by atoms with van der Waals surface area (Å²) in [4.78, 5) is 19.2. The summed E-state index contributed by atoms with van der Waals surface area (Å²) < 4.78 is 5.67. The summed E-state index contributed by atoms with van der Waals surface area (Å²) in [5, 5.41) is 14.7. The van der Waals surface area contributed by atoms with Crippen LogP contribution in [0.4, 0.5) is 17.2 Å². The van der Waals surface area contributed by atoms with Gasteiger partial charge in [0.2, 0.25) is 5.82 Å². The smallest absolute Gasteiger partial charge is 0.373 e. The van der Waals surface area contributed by atoms with Crippen molar-refractivity contribution in [2.45, 2.75) is 27.2 Å². The van der Waals surface area contributed by atoms with E-state index in [1.54, 1.807) is 12.1 Å². The highest BCUT2D eigenvalue weighted by molar-refractivity contribution is 5.70. The lowest BCUT2D eigenvalue weighted by molar-refractivity contribution is -0.385. The van der Waals surface area contributed by atoms with Crippen molar-refractivity contribution >= 4 is 17.2 Å². The van der Waals surface area contributed by atoms with Gasteiger partial charge in [-0.05, 0) is 55.2 Å². The standard InChI is InChI=1S/C20H20N4O3/c1-4-15-7-9-16(10-8-15)27-20-18(24(25)26)19(21-12-22-20)23-17-11-13(2)5-6-14(17)3/h5-12H,4H2,1-3H3,(H,21,22,23). The van der Waals surface area contributed by atoms with Gasteiger partial charge in [0.05, 0.1) is 4.92 Å². The molecule has 3 aromatic rings. The molecule has 0 bridgehead atoms. The van der Waals surface area contributed by atoms with E-state index in [0.717, 1.165) is 28.8 Å². The summed E-state index contributed by atoms with van der Waals surface area (Å²) >= 11 is 0. The van der Waals surface area contributed by atoms with E-state index < -0.39 is 4.92 Å². The highest BCUT2D eigenvalue weighted by Crippen LogP contribution is 2.36. The third-order valence-electron chi connectivity index (χ3n) is 4.16. The molecule has 7 nitrogen and oxygen atoms in total. The molecular weight excluding hydrogens is 344 g/mol. The Labute approximate surface area is 157 Å². The molecule has 0 radical (unpaired) electrons. The van der Waals surface area contributed by atoms with Crippen LogP contribution in [0, 0.1) is 24.0 Å². The fraction of sp³-hybridized carbons (Fsp3) is 0.200. The molecule has 1 heterocycles. The number of nitro groups is 1. The minimum absolute atomic E-state index is 0.0869. The second kappa shape index (κ2) is 7.82. The number of aromatic nitrogens is 2. The summed E-state index contributed by atoms with van der Waals surface area (Å²) in [6.07, 6.45) is 2.15. The van der Waals surface area contributed by atoms with E-state index in [9.17, 15) is 10.1 Å². The predicted molar refractivity (Wildman–Crippen MR) is 104 cm³/mol. The predicted octanol–water partition coefficient (Wildman–Crippen LogP) is 5.10. The topological polar surface area (TPSA) is 90.2 Å². The highest BCUT2D eigenvalue weighted by atomic mass is 16.6. The molecule has 0 aliphatic carbocycles. The molecule has 0 spiro atoms. The molecule has 1 aromatic heterocycles. The molecule has 0 aliphatic heterocycles. The number of hydrogen-bond donors (Lipinski definition) is 1.